The maximum Gasteiger partial charge on any atom is 0.162 e. The van der Waals surface area contributed by atoms with E-state index in [4.69, 9.17) is 4.98 Å². The largest absolute Gasteiger partial charge is 0.515 e. The number of aromatic nitrogens is 3. The number of nitrogens with zero attached hydrogens (tertiary/aromatic N) is 3. The van der Waals surface area contributed by atoms with Crippen molar-refractivity contribution >= 4 is 5.78 Å². The molecule has 168 valence electrons. The van der Waals surface area contributed by atoms with Crippen molar-refractivity contribution in [2.45, 2.75) is 31.1 Å². The fourth-order valence-corrected chi connectivity index (χ4v) is 5.93. The third-order valence-corrected chi connectivity index (χ3v) is 7.48. The van der Waals surface area contributed by atoms with Crippen LogP contribution in [-0.2, 0) is 16.6 Å². The lowest BCUT2D eigenvalue weighted by molar-refractivity contribution is -0.118. The third-order valence-electron chi connectivity index (χ3n) is 7.48. The number of imidazole rings is 1. The van der Waals surface area contributed by atoms with Gasteiger partial charge in [-0.1, -0.05) is 48.5 Å². The summed E-state index contributed by atoms with van der Waals surface area (Å²) in [5, 5.41) is 9.96. The molecule has 0 amide bonds. The van der Waals surface area contributed by atoms with Gasteiger partial charge in [-0.15, -0.1) is 0 Å². The number of ketones is 1. The van der Waals surface area contributed by atoms with E-state index in [2.05, 4.69) is 33.8 Å². The van der Waals surface area contributed by atoms with Gasteiger partial charge in [0.2, 0.25) is 0 Å². The number of para-hydroxylation sites is 1. The van der Waals surface area contributed by atoms with Crippen molar-refractivity contribution in [2.75, 3.05) is 0 Å². The van der Waals surface area contributed by atoms with Crippen LogP contribution in [0.4, 0.5) is 0 Å². The van der Waals surface area contributed by atoms with Gasteiger partial charge in [-0.05, 0) is 55.0 Å². The zero-order valence-corrected chi connectivity index (χ0v) is 18.8. The fraction of sp³-hybridized carbons (Fsp3) is 0.207. The molecule has 5 nitrogen and oxygen atoms in total. The Hall–Kier alpha value is -3.99. The van der Waals surface area contributed by atoms with E-state index in [9.17, 15) is 9.90 Å². The van der Waals surface area contributed by atoms with Crippen molar-refractivity contribution < 1.29 is 9.90 Å². The molecule has 2 atom stereocenters. The third kappa shape index (κ3) is 3.04. The van der Waals surface area contributed by atoms with Gasteiger partial charge >= 0.3 is 0 Å². The molecule has 1 fully saturated rings. The van der Waals surface area contributed by atoms with E-state index in [-0.39, 0.29) is 11.7 Å². The highest BCUT2D eigenvalue weighted by molar-refractivity contribution is 5.97. The standard InChI is InChI=1S/C29H25N3O2/c33-19-21-18-29(22-7-3-1-4-8-22)23(17-26(21)34)11-12-25-27(29)31-28(20-13-15-30-16-14-20)32(25)24-9-5-2-6-10-24/h1-10,13-16,19,23,33H,11-12,17-18H2/b21-19-. The summed E-state index contributed by atoms with van der Waals surface area (Å²) in [5.41, 5.74) is 5.40. The topological polar surface area (TPSA) is 68.0 Å². The van der Waals surface area contributed by atoms with Gasteiger partial charge < -0.3 is 5.11 Å². The predicted octanol–water partition coefficient (Wildman–Crippen LogP) is 5.59. The van der Waals surface area contributed by atoms with Gasteiger partial charge in [0.15, 0.2) is 5.78 Å². The number of pyridine rings is 1. The van der Waals surface area contributed by atoms with Gasteiger partial charge in [0.1, 0.15) is 5.82 Å². The zero-order chi connectivity index (χ0) is 23.1. The summed E-state index contributed by atoms with van der Waals surface area (Å²) in [5.74, 6) is 1.04. The van der Waals surface area contributed by atoms with Gasteiger partial charge in [0.25, 0.3) is 0 Å². The molecule has 34 heavy (non-hydrogen) atoms. The molecule has 2 aliphatic carbocycles. The van der Waals surface area contributed by atoms with Crippen LogP contribution >= 0.6 is 0 Å². The Balaban J connectivity index is 1.67. The minimum absolute atomic E-state index is 0.0411. The van der Waals surface area contributed by atoms with Crippen molar-refractivity contribution in [3.8, 4) is 17.1 Å². The minimum Gasteiger partial charge on any atom is -0.515 e. The summed E-state index contributed by atoms with van der Waals surface area (Å²) in [7, 11) is 0. The molecule has 1 N–H and O–H groups in total. The highest BCUT2D eigenvalue weighted by atomic mass is 16.2. The fourth-order valence-electron chi connectivity index (χ4n) is 5.93. The van der Waals surface area contributed by atoms with E-state index < -0.39 is 5.41 Å². The number of Topliss-reactive ketones (excluding diaryl/α,β-unsaturated/α-hetero) is 1. The van der Waals surface area contributed by atoms with E-state index in [0.717, 1.165) is 47.4 Å². The molecule has 0 radical (unpaired) electrons. The second kappa shape index (κ2) is 8.10. The van der Waals surface area contributed by atoms with Gasteiger partial charge in [-0.2, -0.15) is 0 Å². The van der Waals surface area contributed by atoms with Crippen LogP contribution in [0.2, 0.25) is 0 Å². The first-order valence-corrected chi connectivity index (χ1v) is 11.7. The molecule has 2 aromatic heterocycles. The Labute approximate surface area is 198 Å². The van der Waals surface area contributed by atoms with Crippen molar-refractivity contribution in [2.24, 2.45) is 5.92 Å². The van der Waals surface area contributed by atoms with Gasteiger partial charge in [-0.3, -0.25) is 14.3 Å². The Bertz CT molecular complexity index is 1380. The minimum atomic E-state index is -0.473. The second-order valence-corrected chi connectivity index (χ2v) is 9.17. The Morgan fingerprint density at radius 2 is 1.68 bits per heavy atom. The van der Waals surface area contributed by atoms with Crippen molar-refractivity contribution in [1.29, 1.82) is 0 Å². The lowest BCUT2D eigenvalue weighted by Gasteiger charge is -2.47. The number of benzene rings is 2. The van der Waals surface area contributed by atoms with E-state index >= 15 is 0 Å². The molecule has 2 heterocycles. The molecule has 5 heteroatoms. The van der Waals surface area contributed by atoms with Crippen LogP contribution in [0.3, 0.4) is 0 Å². The molecule has 2 aliphatic rings. The van der Waals surface area contributed by atoms with Crippen molar-refractivity contribution in [3.63, 3.8) is 0 Å². The van der Waals surface area contributed by atoms with E-state index in [1.807, 2.05) is 48.5 Å². The van der Waals surface area contributed by atoms with Crippen molar-refractivity contribution in [1.82, 2.24) is 14.5 Å². The summed E-state index contributed by atoms with van der Waals surface area (Å²) in [6.45, 7) is 0. The molecule has 0 aliphatic heterocycles. The molecule has 1 saturated carbocycles. The molecular formula is C29H25N3O2. The first-order valence-electron chi connectivity index (χ1n) is 11.7. The summed E-state index contributed by atoms with van der Waals surface area (Å²) in [4.78, 5) is 22.4. The predicted molar refractivity (Wildman–Crippen MR) is 131 cm³/mol. The first kappa shape index (κ1) is 20.6. The van der Waals surface area contributed by atoms with E-state index in [1.54, 1.807) is 12.4 Å². The maximum atomic E-state index is 12.8. The maximum absolute atomic E-state index is 12.8. The molecule has 0 bridgehead atoms. The average Bonchev–Trinajstić information content (AvgIpc) is 3.30. The lowest BCUT2D eigenvalue weighted by Crippen LogP contribution is -2.46. The molecular weight excluding hydrogens is 422 g/mol. The smallest absolute Gasteiger partial charge is 0.162 e. The second-order valence-electron chi connectivity index (χ2n) is 9.17. The number of fused-ring (bicyclic) bond motifs is 3. The highest BCUT2D eigenvalue weighted by Gasteiger charge is 2.53. The van der Waals surface area contributed by atoms with Crippen LogP contribution in [0, 0.1) is 5.92 Å². The Morgan fingerprint density at radius 1 is 0.971 bits per heavy atom. The van der Waals surface area contributed by atoms with Gasteiger partial charge in [0.05, 0.1) is 12.0 Å². The molecule has 4 aromatic rings. The number of hydrogen-bond donors (Lipinski definition) is 1. The molecule has 2 unspecified atom stereocenters. The summed E-state index contributed by atoms with van der Waals surface area (Å²) < 4.78 is 2.27. The summed E-state index contributed by atoms with van der Waals surface area (Å²) >= 11 is 0. The van der Waals surface area contributed by atoms with Crippen LogP contribution < -0.4 is 0 Å². The van der Waals surface area contributed by atoms with Crippen LogP contribution in [-0.4, -0.2) is 25.4 Å². The number of hydrogen-bond acceptors (Lipinski definition) is 4. The number of aliphatic hydroxyl groups is 1. The number of carbonyl (C=O) groups excluding carboxylic acids is 1. The van der Waals surface area contributed by atoms with E-state index in [1.165, 1.54) is 5.69 Å². The van der Waals surface area contributed by atoms with Gasteiger partial charge in [-0.25, -0.2) is 4.98 Å². The van der Waals surface area contributed by atoms with Crippen LogP contribution in [0.1, 0.15) is 36.2 Å². The number of aliphatic hydroxyl groups excluding tert-OH is 1. The molecule has 2 aromatic carbocycles. The normalized spacial score (nSPS) is 22.9. The Morgan fingerprint density at radius 3 is 2.38 bits per heavy atom. The lowest BCUT2D eigenvalue weighted by atomic mass is 9.55. The van der Waals surface area contributed by atoms with E-state index in [0.29, 0.717) is 18.4 Å². The number of allylic oxidation sites excluding steroid dienone is 1. The Kier molecular flexibility index (Phi) is 4.91. The SMILES string of the molecule is O=C1CC2CCc3c(nc(-c4ccncc4)n3-c3ccccc3)C2(c2ccccc2)C/C1=C/O. The quantitative estimate of drug-likeness (QED) is 0.328. The number of carbonyl (C=O) groups is 1. The zero-order valence-electron chi connectivity index (χ0n) is 18.8. The van der Waals surface area contributed by atoms with Crippen molar-refractivity contribution in [3.05, 3.63) is 114 Å². The summed E-state index contributed by atoms with van der Waals surface area (Å²) in [6.07, 6.45) is 7.19. The monoisotopic (exact) mass is 447 g/mol. The number of rotatable bonds is 3. The van der Waals surface area contributed by atoms with Gasteiger partial charge in [0, 0.05) is 46.7 Å². The van der Waals surface area contributed by atoms with Crippen LogP contribution in [0.25, 0.3) is 17.1 Å². The first-order chi connectivity index (χ1) is 16.7. The highest BCUT2D eigenvalue weighted by Crippen LogP contribution is 2.55. The molecule has 6 rings (SSSR count). The molecule has 0 saturated heterocycles. The summed E-state index contributed by atoms with van der Waals surface area (Å²) in [6, 6.07) is 24.7. The average molecular weight is 448 g/mol. The van der Waals surface area contributed by atoms with Crippen LogP contribution in [0.15, 0.2) is 97.0 Å². The molecule has 0 spiro atoms. The van der Waals surface area contributed by atoms with Crippen LogP contribution in [0.5, 0.6) is 0 Å².